The van der Waals surface area contributed by atoms with Gasteiger partial charge in [0.2, 0.25) is 8.32 Å². The van der Waals surface area contributed by atoms with Gasteiger partial charge in [0, 0.05) is 12.2 Å². The first-order valence-electron chi connectivity index (χ1n) is 6.99. The van der Waals surface area contributed by atoms with E-state index in [9.17, 15) is 9.59 Å². The van der Waals surface area contributed by atoms with Gasteiger partial charge in [-0.05, 0) is 25.6 Å². The lowest BCUT2D eigenvalue weighted by atomic mass is 10.4. The summed E-state index contributed by atoms with van der Waals surface area (Å²) < 4.78 is 10.3. The lowest BCUT2D eigenvalue weighted by Gasteiger charge is -2.21. The van der Waals surface area contributed by atoms with Crippen molar-refractivity contribution in [2.75, 3.05) is 6.61 Å². The highest BCUT2D eigenvalue weighted by Gasteiger charge is 2.25. The van der Waals surface area contributed by atoms with E-state index in [1.807, 2.05) is 20.0 Å². The minimum Gasteiger partial charge on any atom is -0.517 e. The van der Waals surface area contributed by atoms with Crippen molar-refractivity contribution in [2.45, 2.75) is 58.7 Å². The number of hydrogen-bond acceptors (Lipinski definition) is 4. The van der Waals surface area contributed by atoms with Crippen molar-refractivity contribution in [1.29, 1.82) is 0 Å². The molecule has 0 radical (unpaired) electrons. The van der Waals surface area contributed by atoms with Crippen LogP contribution in [0.4, 0.5) is 0 Å². The summed E-state index contributed by atoms with van der Waals surface area (Å²) >= 11 is 0. The fourth-order valence-electron chi connectivity index (χ4n) is 1.46. The highest BCUT2D eigenvalue weighted by molar-refractivity contribution is 6.72. The third kappa shape index (κ3) is 10.5. The van der Waals surface area contributed by atoms with Crippen molar-refractivity contribution < 1.29 is 18.8 Å². The van der Waals surface area contributed by atoms with Crippen molar-refractivity contribution >= 4 is 20.3 Å². The molecule has 19 heavy (non-hydrogen) atoms. The van der Waals surface area contributed by atoms with Gasteiger partial charge < -0.3 is 9.16 Å². The zero-order valence-electron chi connectivity index (χ0n) is 12.5. The van der Waals surface area contributed by atoms with Crippen LogP contribution in [0.1, 0.15) is 39.5 Å². The Morgan fingerprint density at radius 1 is 1.00 bits per heavy atom. The molecule has 0 aromatic carbocycles. The minimum atomic E-state index is -1.94. The Balaban J connectivity index is 4.04. The monoisotopic (exact) mass is 286 g/mol. The van der Waals surface area contributed by atoms with Gasteiger partial charge in [-0.1, -0.05) is 33.1 Å². The van der Waals surface area contributed by atoms with Gasteiger partial charge in [0.1, 0.15) is 0 Å². The maximum Gasteiger partial charge on any atom is 0.331 e. The largest absolute Gasteiger partial charge is 0.517 e. The van der Waals surface area contributed by atoms with Crippen LogP contribution in [-0.4, -0.2) is 26.9 Å². The Labute approximate surface area is 117 Å². The number of ether oxygens (including phenoxy) is 1. The van der Waals surface area contributed by atoms with E-state index in [2.05, 4.69) is 6.92 Å². The molecule has 0 amide bonds. The summed E-state index contributed by atoms with van der Waals surface area (Å²) in [6, 6.07) is 0.948. The van der Waals surface area contributed by atoms with Crippen LogP contribution in [-0.2, 0) is 18.8 Å². The number of unbranched alkanes of at least 4 members (excludes halogenated alkanes) is 2. The second-order valence-corrected chi connectivity index (χ2v) is 9.36. The zero-order chi connectivity index (χ0) is 14.7. The van der Waals surface area contributed by atoms with Crippen LogP contribution in [0.15, 0.2) is 12.2 Å². The average molecular weight is 286 g/mol. The minimum absolute atomic E-state index is 0.394. The first-order chi connectivity index (χ1) is 8.91. The van der Waals surface area contributed by atoms with E-state index in [4.69, 9.17) is 9.16 Å². The van der Waals surface area contributed by atoms with Gasteiger partial charge in [-0.2, -0.15) is 0 Å². The summed E-state index contributed by atoms with van der Waals surface area (Å²) in [5, 5.41) is 0. The van der Waals surface area contributed by atoms with Gasteiger partial charge in [0.05, 0.1) is 6.61 Å². The standard InChI is InChI=1S/C14H26O4Si/c1-5-7-11-17-13(15)9-10-14(16)18-19(3,4)12-8-6-2/h9-10H,5-8,11-12H2,1-4H3/b10-9-. The smallest absolute Gasteiger partial charge is 0.331 e. The van der Waals surface area contributed by atoms with Crippen molar-refractivity contribution in [2.24, 2.45) is 0 Å². The van der Waals surface area contributed by atoms with E-state index in [0.29, 0.717) is 6.61 Å². The Morgan fingerprint density at radius 2 is 1.58 bits per heavy atom. The summed E-state index contributed by atoms with van der Waals surface area (Å²) in [6.45, 7) is 8.54. The molecule has 0 heterocycles. The van der Waals surface area contributed by atoms with E-state index in [1.54, 1.807) is 0 Å². The van der Waals surface area contributed by atoms with Crippen LogP contribution in [0.5, 0.6) is 0 Å². The molecule has 0 aliphatic carbocycles. The lowest BCUT2D eigenvalue weighted by Crippen LogP contribution is -2.32. The normalized spacial score (nSPS) is 11.6. The predicted molar refractivity (Wildman–Crippen MR) is 78.3 cm³/mol. The van der Waals surface area contributed by atoms with Gasteiger partial charge in [-0.3, -0.25) is 0 Å². The highest BCUT2D eigenvalue weighted by atomic mass is 28.4. The molecular formula is C14H26O4Si. The second-order valence-electron chi connectivity index (χ2n) is 5.14. The van der Waals surface area contributed by atoms with Crippen LogP contribution in [0, 0.1) is 0 Å². The zero-order valence-corrected chi connectivity index (χ0v) is 13.5. The summed E-state index contributed by atoms with van der Waals surface area (Å²) in [6.07, 6.45) is 6.26. The number of carbonyl (C=O) groups is 2. The fraction of sp³-hybridized carbons (Fsp3) is 0.714. The van der Waals surface area contributed by atoms with Crippen LogP contribution in [0.2, 0.25) is 19.1 Å². The fourth-order valence-corrected chi connectivity index (χ4v) is 3.38. The molecule has 0 saturated heterocycles. The van der Waals surface area contributed by atoms with Crippen LogP contribution in [0.3, 0.4) is 0 Å². The van der Waals surface area contributed by atoms with Crippen molar-refractivity contribution in [3.63, 3.8) is 0 Å². The summed E-state index contributed by atoms with van der Waals surface area (Å²) in [5.74, 6) is -0.932. The molecule has 4 nitrogen and oxygen atoms in total. The topological polar surface area (TPSA) is 52.6 Å². The number of rotatable bonds is 9. The number of carbonyl (C=O) groups excluding carboxylic acids is 2. The molecule has 0 unspecified atom stereocenters. The third-order valence-electron chi connectivity index (χ3n) is 2.61. The van der Waals surface area contributed by atoms with E-state index < -0.39 is 20.3 Å². The first-order valence-corrected chi connectivity index (χ1v) is 10.1. The molecule has 0 fully saturated rings. The van der Waals surface area contributed by atoms with Gasteiger partial charge in [-0.15, -0.1) is 0 Å². The molecule has 0 saturated carbocycles. The third-order valence-corrected chi connectivity index (χ3v) is 4.92. The van der Waals surface area contributed by atoms with Crippen molar-refractivity contribution in [3.8, 4) is 0 Å². The average Bonchev–Trinajstić information content (AvgIpc) is 2.34. The summed E-state index contributed by atoms with van der Waals surface area (Å²) in [4.78, 5) is 22.8. The van der Waals surface area contributed by atoms with Gasteiger partial charge >= 0.3 is 11.9 Å². The highest BCUT2D eigenvalue weighted by Crippen LogP contribution is 2.15. The SMILES string of the molecule is CCCCOC(=O)/C=C\C(=O)O[Si](C)(C)CCCC. The summed E-state index contributed by atoms with van der Waals surface area (Å²) in [7, 11) is -1.94. The first kappa shape index (κ1) is 17.9. The van der Waals surface area contributed by atoms with E-state index in [-0.39, 0.29) is 0 Å². The van der Waals surface area contributed by atoms with Crippen LogP contribution >= 0.6 is 0 Å². The molecule has 0 spiro atoms. The molecule has 0 aliphatic rings. The Kier molecular flexibility index (Phi) is 9.21. The maximum absolute atomic E-state index is 11.6. The van der Waals surface area contributed by atoms with E-state index in [1.165, 1.54) is 0 Å². The maximum atomic E-state index is 11.6. The molecule has 0 aliphatic heterocycles. The molecular weight excluding hydrogens is 260 g/mol. The number of esters is 1. The van der Waals surface area contributed by atoms with E-state index in [0.717, 1.165) is 43.9 Å². The molecule has 0 aromatic rings. The second kappa shape index (κ2) is 9.78. The quantitative estimate of drug-likeness (QED) is 0.282. The molecule has 0 atom stereocenters. The Bertz CT molecular complexity index is 311. The Hall–Kier alpha value is -1.10. The van der Waals surface area contributed by atoms with E-state index >= 15 is 0 Å². The Morgan fingerprint density at radius 3 is 2.16 bits per heavy atom. The molecule has 0 bridgehead atoms. The van der Waals surface area contributed by atoms with Gasteiger partial charge in [-0.25, -0.2) is 9.59 Å². The van der Waals surface area contributed by atoms with Crippen LogP contribution in [0.25, 0.3) is 0 Å². The van der Waals surface area contributed by atoms with Gasteiger partial charge in [0.25, 0.3) is 0 Å². The predicted octanol–water partition coefficient (Wildman–Crippen LogP) is 3.43. The van der Waals surface area contributed by atoms with Gasteiger partial charge in [0.15, 0.2) is 0 Å². The van der Waals surface area contributed by atoms with Crippen molar-refractivity contribution in [3.05, 3.63) is 12.2 Å². The number of hydrogen-bond donors (Lipinski definition) is 0. The molecule has 0 aromatic heterocycles. The lowest BCUT2D eigenvalue weighted by molar-refractivity contribution is -0.138. The molecule has 0 N–H and O–H groups in total. The molecule has 0 rings (SSSR count). The molecule has 110 valence electrons. The summed E-state index contributed by atoms with van der Waals surface area (Å²) in [5.41, 5.74) is 0. The molecule has 5 heteroatoms. The van der Waals surface area contributed by atoms with Crippen LogP contribution < -0.4 is 0 Å². The van der Waals surface area contributed by atoms with Crippen molar-refractivity contribution in [1.82, 2.24) is 0 Å².